The second kappa shape index (κ2) is 7.93. The first kappa shape index (κ1) is 19.4. The van der Waals surface area contributed by atoms with Crippen LogP contribution in [0.3, 0.4) is 0 Å². The van der Waals surface area contributed by atoms with E-state index in [0.29, 0.717) is 17.0 Å². The van der Waals surface area contributed by atoms with E-state index in [1.54, 1.807) is 7.11 Å². The van der Waals surface area contributed by atoms with Crippen molar-refractivity contribution >= 4 is 39.9 Å². The highest BCUT2D eigenvalue weighted by Crippen LogP contribution is 2.42. The van der Waals surface area contributed by atoms with Gasteiger partial charge in [0.25, 0.3) is 0 Å². The second-order valence-corrected chi connectivity index (χ2v) is 8.27. The molecule has 1 aliphatic rings. The number of methoxy groups -OCH3 is 1. The summed E-state index contributed by atoms with van der Waals surface area (Å²) in [7, 11) is 1.58. The lowest BCUT2D eigenvalue weighted by molar-refractivity contribution is -0.113. The maximum atomic E-state index is 13.1. The normalized spacial score (nSPS) is 11.8. The number of hydrogen-bond donors (Lipinski definition) is 1. The summed E-state index contributed by atoms with van der Waals surface area (Å²) in [6.45, 7) is 0. The number of fused-ring (bicyclic) bond motifs is 2. The van der Waals surface area contributed by atoms with Crippen molar-refractivity contribution in [3.05, 3.63) is 90.0 Å². The molecule has 0 fully saturated rings. The number of nitrogens with one attached hydrogen (secondary N) is 1. The third-order valence-corrected chi connectivity index (χ3v) is 6.52. The summed E-state index contributed by atoms with van der Waals surface area (Å²) in [5, 5.41) is 4.86. The maximum absolute atomic E-state index is 13.1. The van der Waals surface area contributed by atoms with E-state index in [-0.39, 0.29) is 17.4 Å². The first-order chi connectivity index (χ1) is 15.2. The average Bonchev–Trinajstić information content (AvgIpc) is 2.81. The number of thioether (sulfide) groups is 1. The van der Waals surface area contributed by atoms with Gasteiger partial charge in [0.05, 0.1) is 18.6 Å². The summed E-state index contributed by atoms with van der Waals surface area (Å²) >= 11 is 1.46. The Morgan fingerprint density at radius 2 is 1.58 bits per heavy atom. The number of carbonyl (C=O) groups is 2. The minimum absolute atomic E-state index is 0.0461. The molecule has 0 heterocycles. The highest BCUT2D eigenvalue weighted by Gasteiger charge is 2.25. The molecule has 4 aromatic rings. The molecule has 5 heteroatoms. The van der Waals surface area contributed by atoms with E-state index in [9.17, 15) is 9.59 Å². The van der Waals surface area contributed by atoms with Crippen molar-refractivity contribution in [3.8, 4) is 16.9 Å². The van der Waals surface area contributed by atoms with E-state index in [0.717, 1.165) is 32.4 Å². The van der Waals surface area contributed by atoms with Gasteiger partial charge >= 0.3 is 0 Å². The molecular formula is C26H19NO3S. The highest BCUT2D eigenvalue weighted by molar-refractivity contribution is 8.00. The Morgan fingerprint density at radius 1 is 0.839 bits per heavy atom. The molecule has 5 rings (SSSR count). The molecule has 0 aliphatic heterocycles. The van der Waals surface area contributed by atoms with Gasteiger partial charge in [-0.1, -0.05) is 60.7 Å². The summed E-state index contributed by atoms with van der Waals surface area (Å²) in [6.07, 6.45) is 0. The van der Waals surface area contributed by atoms with Crippen molar-refractivity contribution in [3.63, 3.8) is 0 Å². The lowest BCUT2D eigenvalue weighted by Crippen LogP contribution is -2.14. The zero-order valence-corrected chi connectivity index (χ0v) is 17.7. The molecule has 0 atom stereocenters. The topological polar surface area (TPSA) is 55.4 Å². The second-order valence-electron chi connectivity index (χ2n) is 7.25. The van der Waals surface area contributed by atoms with Crippen LogP contribution in [0, 0.1) is 0 Å². The molecule has 0 radical (unpaired) electrons. The molecule has 0 saturated carbocycles. The van der Waals surface area contributed by atoms with Crippen LogP contribution >= 0.6 is 11.8 Å². The molecule has 31 heavy (non-hydrogen) atoms. The number of hydrogen-bond acceptors (Lipinski definition) is 4. The number of amides is 1. The summed E-state index contributed by atoms with van der Waals surface area (Å²) < 4.78 is 5.30. The first-order valence-corrected chi connectivity index (χ1v) is 10.9. The zero-order valence-electron chi connectivity index (χ0n) is 16.8. The van der Waals surface area contributed by atoms with Gasteiger partial charge < -0.3 is 10.1 Å². The van der Waals surface area contributed by atoms with Gasteiger partial charge in [-0.2, -0.15) is 0 Å². The molecular weight excluding hydrogens is 406 g/mol. The van der Waals surface area contributed by atoms with Crippen LogP contribution in [0.25, 0.3) is 21.9 Å². The molecule has 0 unspecified atom stereocenters. The van der Waals surface area contributed by atoms with Crippen LogP contribution in [-0.4, -0.2) is 24.6 Å². The number of rotatable bonds is 5. The number of carbonyl (C=O) groups excluding carboxylic acids is 2. The number of ether oxygens (including phenoxy) is 1. The predicted octanol–water partition coefficient (Wildman–Crippen LogP) is 5.79. The van der Waals surface area contributed by atoms with E-state index < -0.39 is 0 Å². The molecule has 1 aliphatic carbocycles. The Bertz CT molecular complexity index is 1350. The van der Waals surface area contributed by atoms with Crippen molar-refractivity contribution in [2.24, 2.45) is 0 Å². The van der Waals surface area contributed by atoms with Gasteiger partial charge in [-0.05, 0) is 34.7 Å². The number of anilines is 1. The fraction of sp³-hybridized carbons (Fsp3) is 0.0769. The van der Waals surface area contributed by atoms with Gasteiger partial charge in [0.15, 0.2) is 5.78 Å². The Balaban J connectivity index is 1.46. The van der Waals surface area contributed by atoms with Crippen LogP contribution in [0.2, 0.25) is 0 Å². The Morgan fingerprint density at radius 3 is 2.42 bits per heavy atom. The summed E-state index contributed by atoms with van der Waals surface area (Å²) in [5.41, 5.74) is 4.12. The van der Waals surface area contributed by atoms with Gasteiger partial charge in [0.2, 0.25) is 5.91 Å². The van der Waals surface area contributed by atoms with Crippen molar-refractivity contribution in [2.75, 3.05) is 18.2 Å². The molecule has 152 valence electrons. The lowest BCUT2D eigenvalue weighted by atomic mass is 9.83. The van der Waals surface area contributed by atoms with E-state index in [1.165, 1.54) is 11.8 Å². The van der Waals surface area contributed by atoms with Crippen LogP contribution in [0.15, 0.2) is 83.8 Å². The average molecular weight is 426 g/mol. The summed E-state index contributed by atoms with van der Waals surface area (Å²) in [5.74, 6) is 0.808. The third-order valence-electron chi connectivity index (χ3n) is 5.45. The highest BCUT2D eigenvalue weighted by atomic mass is 32.2. The van der Waals surface area contributed by atoms with Crippen molar-refractivity contribution in [2.45, 2.75) is 4.90 Å². The smallest absolute Gasteiger partial charge is 0.234 e. The molecule has 4 aromatic carbocycles. The van der Waals surface area contributed by atoms with Crippen LogP contribution < -0.4 is 10.1 Å². The zero-order chi connectivity index (χ0) is 21.4. The number of ketones is 1. The molecule has 4 nitrogen and oxygen atoms in total. The van der Waals surface area contributed by atoms with Crippen molar-refractivity contribution in [1.29, 1.82) is 0 Å². The molecule has 1 N–H and O–H groups in total. The molecule has 0 bridgehead atoms. The Labute approximate surface area is 184 Å². The third kappa shape index (κ3) is 3.37. The first-order valence-electron chi connectivity index (χ1n) is 9.93. The number of benzene rings is 4. The van der Waals surface area contributed by atoms with Crippen molar-refractivity contribution in [1.82, 2.24) is 0 Å². The largest absolute Gasteiger partial charge is 0.495 e. The van der Waals surface area contributed by atoms with Gasteiger partial charge in [-0.25, -0.2) is 0 Å². The van der Waals surface area contributed by atoms with Gasteiger partial charge in [0, 0.05) is 21.4 Å². The summed E-state index contributed by atoms with van der Waals surface area (Å²) in [6, 6.07) is 25.0. The molecule has 1 amide bonds. The summed E-state index contributed by atoms with van der Waals surface area (Å²) in [4.78, 5) is 26.6. The molecule has 0 spiro atoms. The van der Waals surface area contributed by atoms with Gasteiger partial charge in [-0.3, -0.25) is 9.59 Å². The Hall–Kier alpha value is -3.57. The van der Waals surface area contributed by atoms with Crippen molar-refractivity contribution < 1.29 is 14.3 Å². The van der Waals surface area contributed by atoms with E-state index >= 15 is 0 Å². The fourth-order valence-electron chi connectivity index (χ4n) is 4.06. The maximum Gasteiger partial charge on any atom is 0.234 e. The SMILES string of the molecule is COc1ccccc1NC(=O)CSc1ccc2c3c(cccc13)C(=O)c1ccccc1-2. The van der Waals surface area contributed by atoms with Gasteiger partial charge in [0.1, 0.15) is 5.75 Å². The van der Waals surface area contributed by atoms with E-state index in [1.807, 2.05) is 72.8 Å². The predicted molar refractivity (Wildman–Crippen MR) is 125 cm³/mol. The fourth-order valence-corrected chi connectivity index (χ4v) is 4.91. The van der Waals surface area contributed by atoms with E-state index in [2.05, 4.69) is 11.4 Å². The van der Waals surface area contributed by atoms with Crippen LogP contribution in [0.5, 0.6) is 5.75 Å². The van der Waals surface area contributed by atoms with Crippen LogP contribution in [0.1, 0.15) is 15.9 Å². The minimum atomic E-state index is -0.114. The monoisotopic (exact) mass is 425 g/mol. The van der Waals surface area contributed by atoms with Crippen LogP contribution in [-0.2, 0) is 4.79 Å². The minimum Gasteiger partial charge on any atom is -0.495 e. The standard InChI is InChI=1S/C26H19NO3S/c1-30-22-12-5-4-11-21(22)27-24(28)15-31-23-14-13-17-16-7-2-3-8-18(16)26(29)20-10-6-9-19(23)25(17)20/h2-14H,15H2,1H3,(H,27,28). The van der Waals surface area contributed by atoms with Crippen LogP contribution in [0.4, 0.5) is 5.69 Å². The lowest BCUT2D eigenvalue weighted by Gasteiger charge is -2.21. The molecule has 0 saturated heterocycles. The van der Waals surface area contributed by atoms with Gasteiger partial charge in [-0.15, -0.1) is 11.8 Å². The Kier molecular flexibility index (Phi) is 4.96. The quantitative estimate of drug-likeness (QED) is 0.362. The molecule has 0 aromatic heterocycles. The van der Waals surface area contributed by atoms with E-state index in [4.69, 9.17) is 4.74 Å². The number of para-hydroxylation sites is 2.